The minimum absolute atomic E-state index is 0.00284. The van der Waals surface area contributed by atoms with Gasteiger partial charge in [0.05, 0.1) is 0 Å². The van der Waals surface area contributed by atoms with E-state index in [1.807, 2.05) is 0 Å². The van der Waals surface area contributed by atoms with Gasteiger partial charge in [-0.05, 0) is 18.2 Å². The lowest BCUT2D eigenvalue weighted by Crippen LogP contribution is -2.48. The van der Waals surface area contributed by atoms with Gasteiger partial charge < -0.3 is 5.11 Å². The summed E-state index contributed by atoms with van der Waals surface area (Å²) in [5.74, 6) is -0.936. The summed E-state index contributed by atoms with van der Waals surface area (Å²) in [5.41, 5.74) is 0. The molecule has 0 atom stereocenters. The van der Waals surface area contributed by atoms with Crippen molar-refractivity contribution in [3.63, 3.8) is 0 Å². The Bertz CT molecular complexity index is 450. The van der Waals surface area contributed by atoms with Gasteiger partial charge >= 0.3 is 5.97 Å². The largest absolute Gasteiger partial charge is 0.480 e. The summed E-state index contributed by atoms with van der Waals surface area (Å²) < 4.78 is -0.984. The number of carboxylic acid groups (broad SMARTS) is 1. The van der Waals surface area contributed by atoms with E-state index in [1.165, 1.54) is 11.8 Å². The van der Waals surface area contributed by atoms with E-state index in [0.717, 1.165) is 4.90 Å². The number of ketones is 1. The third-order valence-electron chi connectivity index (χ3n) is 2.46. The van der Waals surface area contributed by atoms with Crippen LogP contribution in [0.2, 0.25) is 5.02 Å². The molecule has 0 spiro atoms. The summed E-state index contributed by atoms with van der Waals surface area (Å²) in [4.78, 5) is 22.9. The van der Waals surface area contributed by atoms with Crippen LogP contribution in [0.3, 0.4) is 0 Å². The van der Waals surface area contributed by atoms with Crippen molar-refractivity contribution in [2.75, 3.05) is 0 Å². The molecule has 0 amide bonds. The SMILES string of the molecule is O=C1CC(Sc2cccc(Cl)c2)(C(=O)O)C1. The maximum absolute atomic E-state index is 11.1. The van der Waals surface area contributed by atoms with E-state index in [2.05, 4.69) is 0 Å². The Balaban J connectivity index is 2.19. The molecular weight excluding hydrogens is 248 g/mol. The van der Waals surface area contributed by atoms with Crippen molar-refractivity contribution in [3.8, 4) is 0 Å². The second kappa shape index (κ2) is 4.11. The van der Waals surface area contributed by atoms with Crippen LogP contribution in [0.1, 0.15) is 12.8 Å². The molecule has 1 N–H and O–H groups in total. The fourth-order valence-electron chi connectivity index (χ4n) is 1.61. The zero-order chi connectivity index (χ0) is 11.8. The number of carbonyl (C=O) groups is 2. The monoisotopic (exact) mass is 256 g/mol. The van der Waals surface area contributed by atoms with Gasteiger partial charge in [0.25, 0.3) is 0 Å². The number of aliphatic carboxylic acids is 1. The second-order valence-corrected chi connectivity index (χ2v) is 5.64. The number of hydrogen-bond donors (Lipinski definition) is 1. The van der Waals surface area contributed by atoms with Crippen LogP contribution in [-0.2, 0) is 9.59 Å². The van der Waals surface area contributed by atoms with Gasteiger partial charge in [-0.3, -0.25) is 9.59 Å². The molecule has 1 saturated carbocycles. The Kier molecular flexibility index (Phi) is 2.95. The highest BCUT2D eigenvalue weighted by Crippen LogP contribution is 2.46. The molecule has 1 aromatic rings. The minimum atomic E-state index is -0.984. The summed E-state index contributed by atoms with van der Waals surface area (Å²) in [6, 6.07) is 7.00. The smallest absolute Gasteiger partial charge is 0.321 e. The number of hydrogen-bond acceptors (Lipinski definition) is 3. The molecule has 16 heavy (non-hydrogen) atoms. The number of carbonyl (C=O) groups excluding carboxylic acids is 1. The maximum Gasteiger partial charge on any atom is 0.321 e. The Morgan fingerprint density at radius 3 is 2.62 bits per heavy atom. The first-order valence-electron chi connectivity index (χ1n) is 4.71. The normalized spacial score (nSPS) is 17.9. The number of benzene rings is 1. The van der Waals surface area contributed by atoms with E-state index in [9.17, 15) is 9.59 Å². The van der Waals surface area contributed by atoms with Crippen LogP contribution in [0.4, 0.5) is 0 Å². The molecule has 3 nitrogen and oxygen atoms in total. The highest BCUT2D eigenvalue weighted by atomic mass is 35.5. The summed E-state index contributed by atoms with van der Waals surface area (Å²) >= 11 is 7.01. The van der Waals surface area contributed by atoms with Crippen LogP contribution in [0, 0.1) is 0 Å². The standard InChI is InChI=1S/C11H9ClO3S/c12-7-2-1-3-9(4-7)16-11(10(14)15)5-8(13)6-11/h1-4H,5-6H2,(H,14,15). The van der Waals surface area contributed by atoms with Crippen LogP contribution in [-0.4, -0.2) is 21.6 Å². The second-order valence-electron chi connectivity index (χ2n) is 3.75. The van der Waals surface area contributed by atoms with Crippen LogP contribution in [0.5, 0.6) is 0 Å². The third kappa shape index (κ3) is 2.08. The average molecular weight is 257 g/mol. The van der Waals surface area contributed by atoms with Gasteiger partial charge in [-0.1, -0.05) is 17.7 Å². The molecule has 1 aliphatic carbocycles. The van der Waals surface area contributed by atoms with Crippen LogP contribution < -0.4 is 0 Å². The molecule has 2 rings (SSSR count). The lowest BCUT2D eigenvalue weighted by molar-refractivity contribution is -0.147. The topological polar surface area (TPSA) is 54.4 Å². The Labute approximate surface area is 102 Å². The molecule has 0 bridgehead atoms. The predicted molar refractivity (Wildman–Crippen MR) is 61.9 cm³/mol. The molecule has 1 aromatic carbocycles. The molecule has 84 valence electrons. The molecular formula is C11H9ClO3S. The summed E-state index contributed by atoms with van der Waals surface area (Å²) in [6.07, 6.45) is 0.193. The van der Waals surface area contributed by atoms with E-state index < -0.39 is 10.7 Å². The number of carboxylic acids is 1. The fraction of sp³-hybridized carbons (Fsp3) is 0.273. The zero-order valence-electron chi connectivity index (χ0n) is 8.27. The van der Waals surface area contributed by atoms with Gasteiger partial charge in [0.2, 0.25) is 0 Å². The van der Waals surface area contributed by atoms with Crippen molar-refractivity contribution < 1.29 is 14.7 Å². The molecule has 0 saturated heterocycles. The van der Waals surface area contributed by atoms with Gasteiger partial charge in [0, 0.05) is 22.8 Å². The Morgan fingerprint density at radius 1 is 1.44 bits per heavy atom. The third-order valence-corrected chi connectivity index (χ3v) is 4.04. The van der Waals surface area contributed by atoms with Crippen molar-refractivity contribution >= 4 is 35.1 Å². The van der Waals surface area contributed by atoms with E-state index in [1.54, 1.807) is 24.3 Å². The molecule has 0 aromatic heterocycles. The number of Topliss-reactive ketones (excluding diaryl/α,β-unsaturated/α-hetero) is 1. The molecule has 1 aliphatic rings. The molecule has 1 fully saturated rings. The molecule has 0 radical (unpaired) electrons. The first-order chi connectivity index (χ1) is 7.52. The molecule has 0 aliphatic heterocycles. The van der Waals surface area contributed by atoms with Crippen LogP contribution in [0.25, 0.3) is 0 Å². The van der Waals surface area contributed by atoms with Gasteiger partial charge in [-0.2, -0.15) is 0 Å². The summed E-state index contributed by atoms with van der Waals surface area (Å²) in [7, 11) is 0. The van der Waals surface area contributed by atoms with Crippen molar-refractivity contribution in [1.29, 1.82) is 0 Å². The molecule has 5 heteroatoms. The fourth-order valence-corrected chi connectivity index (χ4v) is 3.20. The van der Waals surface area contributed by atoms with Crippen molar-refractivity contribution in [2.45, 2.75) is 22.5 Å². The van der Waals surface area contributed by atoms with Crippen molar-refractivity contribution in [2.24, 2.45) is 0 Å². The molecule has 0 unspecified atom stereocenters. The Morgan fingerprint density at radius 2 is 2.12 bits per heavy atom. The average Bonchev–Trinajstić information content (AvgIpc) is 2.14. The van der Waals surface area contributed by atoms with Gasteiger partial charge in [-0.15, -0.1) is 11.8 Å². The summed E-state index contributed by atoms with van der Waals surface area (Å²) in [5, 5.41) is 9.69. The van der Waals surface area contributed by atoms with Crippen LogP contribution >= 0.6 is 23.4 Å². The maximum atomic E-state index is 11.1. The van der Waals surface area contributed by atoms with E-state index in [-0.39, 0.29) is 18.6 Å². The van der Waals surface area contributed by atoms with E-state index in [0.29, 0.717) is 5.02 Å². The lowest BCUT2D eigenvalue weighted by atomic mass is 9.83. The van der Waals surface area contributed by atoms with Gasteiger partial charge in [0.15, 0.2) is 0 Å². The Hall–Kier alpha value is -1.00. The number of rotatable bonds is 3. The van der Waals surface area contributed by atoms with Crippen molar-refractivity contribution in [1.82, 2.24) is 0 Å². The zero-order valence-corrected chi connectivity index (χ0v) is 9.85. The first-order valence-corrected chi connectivity index (χ1v) is 5.91. The van der Waals surface area contributed by atoms with Crippen LogP contribution in [0.15, 0.2) is 29.2 Å². The number of thioether (sulfide) groups is 1. The highest BCUT2D eigenvalue weighted by Gasteiger charge is 2.51. The van der Waals surface area contributed by atoms with E-state index >= 15 is 0 Å². The summed E-state index contributed by atoms with van der Waals surface area (Å²) in [6.45, 7) is 0. The van der Waals surface area contributed by atoms with Gasteiger partial charge in [0.1, 0.15) is 10.5 Å². The minimum Gasteiger partial charge on any atom is -0.480 e. The highest BCUT2D eigenvalue weighted by molar-refractivity contribution is 8.01. The van der Waals surface area contributed by atoms with E-state index in [4.69, 9.17) is 16.7 Å². The molecule has 0 heterocycles. The quantitative estimate of drug-likeness (QED) is 0.903. The predicted octanol–water partition coefficient (Wildman–Crippen LogP) is 2.62. The lowest BCUT2D eigenvalue weighted by Gasteiger charge is -2.35. The first kappa shape index (κ1) is 11.5. The number of halogens is 1. The van der Waals surface area contributed by atoms with Gasteiger partial charge in [-0.25, -0.2) is 0 Å². The van der Waals surface area contributed by atoms with Crippen molar-refractivity contribution in [3.05, 3.63) is 29.3 Å².